The van der Waals surface area contributed by atoms with Crippen LogP contribution in [0.1, 0.15) is 24.4 Å². The number of rotatable bonds is 4. The first kappa shape index (κ1) is 20.2. The van der Waals surface area contributed by atoms with E-state index in [1.54, 1.807) is 4.57 Å². The van der Waals surface area contributed by atoms with E-state index in [4.69, 9.17) is 0 Å². The van der Waals surface area contributed by atoms with Gasteiger partial charge in [-0.1, -0.05) is 24.3 Å². The van der Waals surface area contributed by atoms with E-state index in [0.717, 1.165) is 17.1 Å². The third kappa shape index (κ3) is 4.11. The number of anilines is 1. The van der Waals surface area contributed by atoms with Crippen molar-refractivity contribution in [3.05, 3.63) is 64.6 Å². The highest BCUT2D eigenvalue weighted by atomic mass is 19.4. The smallest absolute Gasteiger partial charge is 0.324 e. The number of H-pyrrole nitrogens is 1. The number of imidazole rings is 1. The van der Waals surface area contributed by atoms with E-state index in [2.05, 4.69) is 10.3 Å². The fourth-order valence-corrected chi connectivity index (χ4v) is 4.00. The van der Waals surface area contributed by atoms with Crippen molar-refractivity contribution in [3.8, 4) is 0 Å². The van der Waals surface area contributed by atoms with E-state index in [1.807, 2.05) is 29.2 Å². The molecule has 0 aliphatic carbocycles. The Bertz CT molecular complexity index is 1110. The summed E-state index contributed by atoms with van der Waals surface area (Å²) in [6.45, 7) is 1.15. The molecule has 0 bridgehead atoms. The molecule has 158 valence electrons. The number of alkyl halides is 3. The molecule has 9 heteroatoms. The number of amides is 1. The van der Waals surface area contributed by atoms with E-state index in [9.17, 15) is 22.8 Å². The van der Waals surface area contributed by atoms with Gasteiger partial charge in [-0.05, 0) is 37.1 Å². The van der Waals surface area contributed by atoms with Crippen LogP contribution in [0, 0.1) is 0 Å². The van der Waals surface area contributed by atoms with Crippen LogP contribution >= 0.6 is 0 Å². The fourth-order valence-electron chi connectivity index (χ4n) is 4.00. The zero-order valence-corrected chi connectivity index (χ0v) is 16.1. The molecule has 3 aromatic rings. The predicted molar refractivity (Wildman–Crippen MR) is 107 cm³/mol. The van der Waals surface area contributed by atoms with Crippen LogP contribution in [0.15, 0.2) is 53.3 Å². The molecule has 4 rings (SSSR count). The first-order valence-electron chi connectivity index (χ1n) is 9.70. The Hall–Kier alpha value is -3.07. The van der Waals surface area contributed by atoms with Crippen molar-refractivity contribution in [2.75, 3.05) is 25.0 Å². The molecular formula is C21H21F3N4O2. The molecule has 0 radical (unpaired) electrons. The minimum absolute atomic E-state index is 0.00168. The number of carbonyl (C=O) groups is 1. The summed E-state index contributed by atoms with van der Waals surface area (Å²) < 4.78 is 41.0. The van der Waals surface area contributed by atoms with Crippen molar-refractivity contribution >= 4 is 22.6 Å². The van der Waals surface area contributed by atoms with Crippen molar-refractivity contribution in [2.24, 2.45) is 0 Å². The van der Waals surface area contributed by atoms with Gasteiger partial charge in [-0.3, -0.25) is 14.3 Å². The number of hydrogen-bond donors (Lipinski definition) is 2. The van der Waals surface area contributed by atoms with Crippen LogP contribution < -0.4 is 11.0 Å². The lowest BCUT2D eigenvalue weighted by molar-refractivity contribution is -0.137. The molecule has 0 saturated carbocycles. The normalized spacial score (nSPS) is 16.1. The van der Waals surface area contributed by atoms with Crippen LogP contribution in [0.4, 0.5) is 18.9 Å². The summed E-state index contributed by atoms with van der Waals surface area (Å²) in [5.74, 6) is -0.491. The second-order valence-electron chi connectivity index (χ2n) is 7.42. The van der Waals surface area contributed by atoms with Crippen molar-refractivity contribution in [2.45, 2.75) is 25.1 Å². The number of likely N-dealkylation sites (tertiary alicyclic amines) is 1. The average molecular weight is 418 g/mol. The maximum absolute atomic E-state index is 13.1. The quantitative estimate of drug-likeness (QED) is 0.680. The largest absolute Gasteiger partial charge is 0.418 e. The third-order valence-electron chi connectivity index (χ3n) is 5.42. The number of fused-ring (bicyclic) bond motifs is 1. The SMILES string of the molecule is O=C(CN1CCC(n2c(=O)[nH]c3ccccc32)CC1)Nc1ccccc1C(F)(F)F. The monoisotopic (exact) mass is 418 g/mol. The highest BCUT2D eigenvalue weighted by Gasteiger charge is 2.33. The molecule has 1 saturated heterocycles. The van der Waals surface area contributed by atoms with Crippen LogP contribution in [0.5, 0.6) is 0 Å². The second kappa shape index (κ2) is 7.98. The van der Waals surface area contributed by atoms with Gasteiger partial charge in [-0.15, -0.1) is 0 Å². The molecule has 2 N–H and O–H groups in total. The van der Waals surface area contributed by atoms with Crippen molar-refractivity contribution in [3.63, 3.8) is 0 Å². The number of nitrogens with one attached hydrogen (secondary N) is 2. The molecule has 30 heavy (non-hydrogen) atoms. The highest BCUT2D eigenvalue weighted by Crippen LogP contribution is 2.34. The highest BCUT2D eigenvalue weighted by molar-refractivity contribution is 5.93. The van der Waals surface area contributed by atoms with Crippen LogP contribution in [-0.2, 0) is 11.0 Å². The molecule has 6 nitrogen and oxygen atoms in total. The number of aromatic amines is 1. The van der Waals surface area contributed by atoms with E-state index < -0.39 is 17.6 Å². The molecule has 0 atom stereocenters. The molecule has 1 aliphatic heterocycles. The first-order chi connectivity index (χ1) is 14.3. The van der Waals surface area contributed by atoms with E-state index >= 15 is 0 Å². The number of piperidine rings is 1. The molecule has 1 aromatic heterocycles. The number of halogens is 3. The summed E-state index contributed by atoms with van der Waals surface area (Å²) >= 11 is 0. The topological polar surface area (TPSA) is 70.1 Å². The van der Waals surface area contributed by atoms with Gasteiger partial charge in [0.1, 0.15) is 0 Å². The maximum atomic E-state index is 13.1. The van der Waals surface area contributed by atoms with Crippen molar-refractivity contribution in [1.29, 1.82) is 0 Å². The summed E-state index contributed by atoms with van der Waals surface area (Å²) in [5, 5.41) is 2.38. The predicted octanol–water partition coefficient (Wildman–Crippen LogP) is 3.62. The lowest BCUT2D eigenvalue weighted by Gasteiger charge is -2.32. The van der Waals surface area contributed by atoms with Gasteiger partial charge < -0.3 is 10.3 Å². The van der Waals surface area contributed by atoms with Gasteiger partial charge in [0, 0.05) is 19.1 Å². The second-order valence-corrected chi connectivity index (χ2v) is 7.42. The number of aromatic nitrogens is 2. The van der Waals surface area contributed by atoms with Gasteiger partial charge >= 0.3 is 11.9 Å². The minimum atomic E-state index is -4.53. The lowest BCUT2D eigenvalue weighted by atomic mass is 10.0. The summed E-state index contributed by atoms with van der Waals surface area (Å²) in [7, 11) is 0. The number of hydrogen-bond acceptors (Lipinski definition) is 3. The van der Waals surface area contributed by atoms with Gasteiger partial charge in [-0.25, -0.2) is 4.79 Å². The van der Waals surface area contributed by atoms with Crippen LogP contribution in [0.25, 0.3) is 11.0 Å². The lowest BCUT2D eigenvalue weighted by Crippen LogP contribution is -2.41. The van der Waals surface area contributed by atoms with E-state index in [0.29, 0.717) is 25.9 Å². The molecule has 0 unspecified atom stereocenters. The van der Waals surface area contributed by atoms with E-state index in [1.165, 1.54) is 18.2 Å². The average Bonchev–Trinajstić information content (AvgIpc) is 3.04. The van der Waals surface area contributed by atoms with Gasteiger partial charge in [0.05, 0.1) is 28.8 Å². The van der Waals surface area contributed by atoms with E-state index in [-0.39, 0.29) is 24.0 Å². The first-order valence-corrected chi connectivity index (χ1v) is 9.70. The summed E-state index contributed by atoms with van der Waals surface area (Å²) in [5.41, 5.74) is 0.372. The zero-order valence-electron chi connectivity index (χ0n) is 16.1. The number of carbonyl (C=O) groups excluding carboxylic acids is 1. The Morgan fingerprint density at radius 2 is 1.73 bits per heavy atom. The Labute approximate surface area is 170 Å². The standard InChI is InChI=1S/C21H21F3N4O2/c22-21(23,24)15-5-1-2-6-16(15)25-19(29)13-27-11-9-14(10-12-27)28-18-8-4-3-7-17(18)26-20(28)30/h1-8,14H,9-13H2,(H,25,29)(H,26,30). The van der Waals surface area contributed by atoms with Crippen LogP contribution in [0.3, 0.4) is 0 Å². The number of benzene rings is 2. The van der Waals surface area contributed by atoms with Gasteiger partial charge in [0.15, 0.2) is 0 Å². The molecule has 1 fully saturated rings. The van der Waals surface area contributed by atoms with Gasteiger partial charge in [0.2, 0.25) is 5.91 Å². The summed E-state index contributed by atoms with van der Waals surface area (Å²) in [6.07, 6.45) is -3.18. The Balaban J connectivity index is 1.38. The van der Waals surface area contributed by atoms with Gasteiger partial charge in [-0.2, -0.15) is 13.2 Å². The number of para-hydroxylation sites is 3. The molecule has 0 spiro atoms. The molecule has 1 amide bonds. The van der Waals surface area contributed by atoms with Crippen LogP contribution in [0.2, 0.25) is 0 Å². The van der Waals surface area contributed by atoms with Gasteiger partial charge in [0.25, 0.3) is 0 Å². The Morgan fingerprint density at radius 3 is 2.47 bits per heavy atom. The number of nitrogens with zero attached hydrogens (tertiary/aromatic N) is 2. The molecular weight excluding hydrogens is 397 g/mol. The molecule has 2 heterocycles. The molecule has 2 aromatic carbocycles. The Kier molecular flexibility index (Phi) is 5.38. The third-order valence-corrected chi connectivity index (χ3v) is 5.42. The summed E-state index contributed by atoms with van der Waals surface area (Å²) in [4.78, 5) is 29.4. The van der Waals surface area contributed by atoms with Crippen molar-refractivity contribution < 1.29 is 18.0 Å². The minimum Gasteiger partial charge on any atom is -0.324 e. The van der Waals surface area contributed by atoms with Crippen molar-refractivity contribution in [1.82, 2.24) is 14.5 Å². The van der Waals surface area contributed by atoms with Crippen LogP contribution in [-0.4, -0.2) is 40.0 Å². The zero-order chi connectivity index (χ0) is 21.3. The Morgan fingerprint density at radius 1 is 1.07 bits per heavy atom. The summed E-state index contributed by atoms with van der Waals surface area (Å²) in [6, 6.07) is 12.4. The fraction of sp³-hybridized carbons (Fsp3) is 0.333. The molecule has 1 aliphatic rings. The maximum Gasteiger partial charge on any atom is 0.418 e.